The normalized spacial score (nSPS) is 11.6. The molecular weight excluding hydrogens is 365 g/mol. The van der Waals surface area contributed by atoms with Crippen molar-refractivity contribution < 1.29 is 34.5 Å². The number of hydrogen-bond donors (Lipinski definition) is 2. The summed E-state index contributed by atoms with van der Waals surface area (Å²) in [4.78, 5) is 0.140. The van der Waals surface area contributed by atoms with Crippen molar-refractivity contribution in [3.8, 4) is 0 Å². The molecule has 0 aliphatic carbocycles. The summed E-state index contributed by atoms with van der Waals surface area (Å²) < 4.78 is 22.6. The molecule has 0 spiro atoms. The van der Waals surface area contributed by atoms with Crippen LogP contribution < -0.4 is 13.9 Å². The fourth-order valence-electron chi connectivity index (χ4n) is 0.759. The SMILES string of the molecule is Nc1ccc(S(N)(=O)=O)c[c]1[Hg]. The van der Waals surface area contributed by atoms with Gasteiger partial charge in [-0.2, -0.15) is 0 Å². The predicted molar refractivity (Wildman–Crippen MR) is 41.9 cm³/mol. The standard InChI is InChI=1S/C6H7N2O2S.Hg/c7-5-1-3-6(4-2-5)11(8,9)10;/h1,3-4H,7H2,(H2,8,9,10);. The molecule has 1 rings (SSSR count). The zero-order chi connectivity index (χ0) is 9.35. The summed E-state index contributed by atoms with van der Waals surface area (Å²) >= 11 is 0.308. The molecule has 0 saturated heterocycles. The van der Waals surface area contributed by atoms with Crippen LogP contribution in [0.3, 0.4) is 0 Å². The molecule has 4 nitrogen and oxygen atoms in total. The number of hydrogen-bond acceptors (Lipinski definition) is 3. The molecule has 0 saturated carbocycles. The Morgan fingerprint density at radius 2 is 1.92 bits per heavy atom. The Morgan fingerprint density at radius 3 is 2.33 bits per heavy atom. The van der Waals surface area contributed by atoms with Gasteiger partial charge >= 0.3 is 87.3 Å². The van der Waals surface area contributed by atoms with Gasteiger partial charge in [-0.3, -0.25) is 0 Å². The Labute approximate surface area is 87.0 Å². The molecule has 0 unspecified atom stereocenters. The summed E-state index contributed by atoms with van der Waals surface area (Å²) in [7, 11) is -3.57. The van der Waals surface area contributed by atoms with Crippen molar-refractivity contribution in [3.63, 3.8) is 0 Å². The Hall–Kier alpha value is -0.135. The zero-order valence-corrected chi connectivity index (χ0v) is 12.6. The first-order valence-corrected chi connectivity index (χ1v) is 7.45. The molecule has 6 heteroatoms. The third-order valence-corrected chi connectivity index (χ3v) is 4.73. The Kier molecular flexibility index (Phi) is 2.75. The molecule has 0 aromatic heterocycles. The molecule has 1 aromatic carbocycles. The molecule has 1 aromatic rings. The second-order valence-corrected chi connectivity index (χ2v) is 6.93. The fraction of sp³-hybridized carbons (Fsp3) is 0. The van der Waals surface area contributed by atoms with Gasteiger partial charge < -0.3 is 0 Å². The molecule has 4 N–H and O–H groups in total. The first kappa shape index (κ1) is 9.95. The number of benzene rings is 1. The van der Waals surface area contributed by atoms with Crippen LogP contribution in [-0.4, -0.2) is 8.42 Å². The van der Waals surface area contributed by atoms with Crippen molar-refractivity contribution in [2.75, 3.05) is 5.73 Å². The average Bonchev–Trinajstić information content (AvgIpc) is 1.92. The van der Waals surface area contributed by atoms with Crippen LogP contribution in [0.4, 0.5) is 5.69 Å². The second kappa shape index (κ2) is 3.31. The predicted octanol–water partition coefficient (Wildman–Crippen LogP) is -0.912. The van der Waals surface area contributed by atoms with E-state index in [2.05, 4.69) is 0 Å². The van der Waals surface area contributed by atoms with E-state index in [1.807, 2.05) is 0 Å². The Morgan fingerprint density at radius 1 is 1.33 bits per heavy atom. The average molecular weight is 372 g/mol. The van der Waals surface area contributed by atoms with E-state index in [9.17, 15) is 8.42 Å². The zero-order valence-electron chi connectivity index (χ0n) is 6.32. The molecule has 0 heterocycles. The molecule has 12 heavy (non-hydrogen) atoms. The van der Waals surface area contributed by atoms with E-state index in [1.54, 1.807) is 6.07 Å². The van der Waals surface area contributed by atoms with Crippen LogP contribution in [0.5, 0.6) is 0 Å². The van der Waals surface area contributed by atoms with E-state index in [-0.39, 0.29) is 4.90 Å². The summed E-state index contributed by atoms with van der Waals surface area (Å²) in [6.45, 7) is 0. The van der Waals surface area contributed by atoms with Gasteiger partial charge in [0.25, 0.3) is 0 Å². The fourth-order valence-corrected chi connectivity index (χ4v) is 3.21. The van der Waals surface area contributed by atoms with Gasteiger partial charge in [-0.25, -0.2) is 0 Å². The van der Waals surface area contributed by atoms with E-state index in [0.717, 1.165) is 3.07 Å². The van der Waals surface area contributed by atoms with Crippen LogP contribution in [0.1, 0.15) is 0 Å². The van der Waals surface area contributed by atoms with Gasteiger partial charge in [0.05, 0.1) is 0 Å². The van der Waals surface area contributed by atoms with Gasteiger partial charge in [-0.05, 0) is 0 Å². The number of sulfonamides is 1. The monoisotopic (exact) mass is 373 g/mol. The van der Waals surface area contributed by atoms with Crippen molar-refractivity contribution in [3.05, 3.63) is 18.2 Å². The molecule has 0 radical (unpaired) electrons. The summed E-state index contributed by atoms with van der Waals surface area (Å²) in [6.07, 6.45) is 0. The number of nitrogens with two attached hydrogens (primary N) is 2. The first-order chi connectivity index (χ1) is 5.41. The van der Waals surface area contributed by atoms with Gasteiger partial charge in [0.2, 0.25) is 0 Å². The van der Waals surface area contributed by atoms with E-state index >= 15 is 0 Å². The molecule has 0 aliphatic heterocycles. The number of nitrogen functional groups attached to an aromatic ring is 1. The molecule has 61 valence electrons. The maximum absolute atomic E-state index is 10.9. The topological polar surface area (TPSA) is 86.2 Å². The van der Waals surface area contributed by atoms with E-state index in [1.165, 1.54) is 12.1 Å². The minimum atomic E-state index is -3.57. The van der Waals surface area contributed by atoms with Crippen molar-refractivity contribution in [1.82, 2.24) is 0 Å². The van der Waals surface area contributed by atoms with Crippen molar-refractivity contribution in [2.24, 2.45) is 5.14 Å². The van der Waals surface area contributed by atoms with Crippen LogP contribution in [0.15, 0.2) is 23.1 Å². The van der Waals surface area contributed by atoms with Crippen LogP contribution in [0, 0.1) is 0 Å². The number of anilines is 1. The molecule has 0 amide bonds. The van der Waals surface area contributed by atoms with E-state index in [0.29, 0.717) is 31.8 Å². The van der Waals surface area contributed by atoms with Gasteiger partial charge in [0.1, 0.15) is 0 Å². The first-order valence-electron chi connectivity index (χ1n) is 3.15. The van der Waals surface area contributed by atoms with Crippen molar-refractivity contribution >= 4 is 18.8 Å². The molecular formula is C6H7HgN2O2S. The summed E-state index contributed by atoms with van der Waals surface area (Å²) in [5.41, 5.74) is 6.19. The Bertz CT molecular complexity index is 402. The summed E-state index contributed by atoms with van der Waals surface area (Å²) in [5, 5.41) is 4.93. The van der Waals surface area contributed by atoms with Crippen molar-refractivity contribution in [2.45, 2.75) is 4.90 Å². The summed E-state index contributed by atoms with van der Waals surface area (Å²) in [6, 6.07) is 4.52. The Balaban J connectivity index is 3.33. The van der Waals surface area contributed by atoms with Crippen LogP contribution in [-0.2, 0) is 36.1 Å². The maximum atomic E-state index is 10.9. The minimum absolute atomic E-state index is 0.140. The molecule has 0 bridgehead atoms. The van der Waals surface area contributed by atoms with E-state index in [4.69, 9.17) is 10.9 Å². The number of primary sulfonamides is 1. The van der Waals surface area contributed by atoms with Crippen LogP contribution in [0.25, 0.3) is 0 Å². The molecule has 0 fully saturated rings. The van der Waals surface area contributed by atoms with Gasteiger partial charge in [-0.15, -0.1) is 0 Å². The van der Waals surface area contributed by atoms with Crippen LogP contribution >= 0.6 is 0 Å². The van der Waals surface area contributed by atoms with Gasteiger partial charge in [-0.1, -0.05) is 0 Å². The third kappa shape index (κ3) is 2.18. The molecule has 0 aliphatic rings. The number of rotatable bonds is 1. The quantitative estimate of drug-likeness (QED) is 0.495. The third-order valence-electron chi connectivity index (χ3n) is 1.44. The van der Waals surface area contributed by atoms with Crippen LogP contribution in [0.2, 0.25) is 0 Å². The second-order valence-electron chi connectivity index (χ2n) is 2.41. The van der Waals surface area contributed by atoms with Crippen molar-refractivity contribution in [1.29, 1.82) is 0 Å². The van der Waals surface area contributed by atoms with E-state index < -0.39 is 10.0 Å². The summed E-state index contributed by atoms with van der Waals surface area (Å²) in [5.74, 6) is 0. The van der Waals surface area contributed by atoms with Gasteiger partial charge in [0.15, 0.2) is 0 Å². The molecule has 0 atom stereocenters. The van der Waals surface area contributed by atoms with Gasteiger partial charge in [0, 0.05) is 0 Å².